The molecule has 0 spiro atoms. The van der Waals surface area contributed by atoms with E-state index in [0.717, 1.165) is 5.56 Å². The first kappa shape index (κ1) is 17.1. The maximum Gasteiger partial charge on any atom is 0.0480 e. The van der Waals surface area contributed by atoms with E-state index in [1.54, 1.807) is 6.08 Å². The molecule has 0 radical (unpaired) electrons. The second-order valence-corrected chi connectivity index (χ2v) is 4.06. The topological polar surface area (TPSA) is 52.5 Å². The second kappa shape index (κ2) is 9.11. The smallest absolute Gasteiger partial charge is 0.0480 e. The molecule has 1 aromatic carbocycles. The lowest BCUT2D eigenvalue weighted by molar-refractivity contribution is 0.167. The third-order valence-corrected chi connectivity index (χ3v) is 2.99. The lowest BCUT2D eigenvalue weighted by Crippen LogP contribution is -2.44. The van der Waals surface area contributed by atoms with Gasteiger partial charge < -0.3 is 15.5 Å². The van der Waals surface area contributed by atoms with Gasteiger partial charge in [0.2, 0.25) is 0 Å². The average molecular weight is 272 g/mol. The van der Waals surface area contributed by atoms with E-state index in [1.165, 1.54) is 0 Å². The molecule has 4 heteroatoms. The van der Waals surface area contributed by atoms with Crippen molar-refractivity contribution in [2.24, 2.45) is 0 Å². The molecule has 0 aliphatic rings. The molecule has 102 valence electrons. The van der Waals surface area contributed by atoms with Crippen LogP contribution in [0.1, 0.15) is 18.4 Å². The minimum Gasteiger partial charge on any atom is -0.396 e. The summed E-state index contributed by atoms with van der Waals surface area (Å²) in [6.07, 6.45) is 2.93. The van der Waals surface area contributed by atoms with Crippen molar-refractivity contribution < 1.29 is 10.2 Å². The van der Waals surface area contributed by atoms with E-state index in [1.807, 2.05) is 30.3 Å². The summed E-state index contributed by atoms with van der Waals surface area (Å²) in [5.41, 5.74) is 0.712. The van der Waals surface area contributed by atoms with E-state index < -0.39 is 0 Å². The summed E-state index contributed by atoms with van der Waals surface area (Å²) >= 11 is 0. The highest BCUT2D eigenvalue weighted by atomic mass is 35.5. The van der Waals surface area contributed by atoms with Crippen molar-refractivity contribution in [2.45, 2.75) is 18.4 Å². The molecule has 1 aromatic rings. The molecule has 0 aliphatic carbocycles. The predicted octanol–water partition coefficient (Wildman–Crippen LogP) is 1.84. The highest BCUT2D eigenvalue weighted by Gasteiger charge is 2.29. The largest absolute Gasteiger partial charge is 0.396 e. The number of hydrogen-bond acceptors (Lipinski definition) is 3. The zero-order chi connectivity index (χ0) is 12.6. The second-order valence-electron chi connectivity index (χ2n) is 4.06. The number of aliphatic hydroxyl groups excluding tert-OH is 2. The van der Waals surface area contributed by atoms with Crippen LogP contribution >= 0.6 is 12.4 Å². The fraction of sp³-hybridized carbons (Fsp3) is 0.429. The van der Waals surface area contributed by atoms with E-state index in [2.05, 4.69) is 11.9 Å². The molecule has 0 saturated heterocycles. The lowest BCUT2D eigenvalue weighted by atomic mass is 9.84. The molecule has 3 N–H and O–H groups in total. The standard InChI is InChI=1S/C14H21NO2.ClH/c1-2-10-15-14(8-11-16,9-12-17)13-6-4-3-5-7-13;/h2-7,15-17H,1,8-12H2;1H. The first-order valence-corrected chi connectivity index (χ1v) is 5.92. The van der Waals surface area contributed by atoms with E-state index in [0.29, 0.717) is 19.4 Å². The molecule has 3 nitrogen and oxygen atoms in total. The predicted molar refractivity (Wildman–Crippen MR) is 77.0 cm³/mol. The van der Waals surface area contributed by atoms with Crippen molar-refractivity contribution in [3.05, 3.63) is 48.6 Å². The summed E-state index contributed by atoms with van der Waals surface area (Å²) in [7, 11) is 0. The third kappa shape index (κ3) is 4.42. The number of nitrogens with one attached hydrogen (secondary N) is 1. The van der Waals surface area contributed by atoms with Gasteiger partial charge in [0.25, 0.3) is 0 Å². The Bertz CT molecular complexity index is 324. The molecule has 18 heavy (non-hydrogen) atoms. The molecule has 0 atom stereocenters. The summed E-state index contributed by atoms with van der Waals surface area (Å²) in [5, 5.41) is 21.8. The van der Waals surface area contributed by atoms with Gasteiger partial charge in [0.15, 0.2) is 0 Å². The van der Waals surface area contributed by atoms with Crippen molar-refractivity contribution in [1.29, 1.82) is 0 Å². The Hall–Kier alpha value is -0.870. The third-order valence-electron chi connectivity index (χ3n) is 2.99. The summed E-state index contributed by atoms with van der Waals surface area (Å²) in [6, 6.07) is 9.92. The lowest BCUT2D eigenvalue weighted by Gasteiger charge is -2.34. The number of benzene rings is 1. The number of hydrogen-bond donors (Lipinski definition) is 3. The van der Waals surface area contributed by atoms with Gasteiger partial charge in [-0.05, 0) is 18.4 Å². The van der Waals surface area contributed by atoms with E-state index >= 15 is 0 Å². The summed E-state index contributed by atoms with van der Waals surface area (Å²) in [6.45, 7) is 4.50. The van der Waals surface area contributed by atoms with Crippen LogP contribution in [0.15, 0.2) is 43.0 Å². The maximum absolute atomic E-state index is 9.24. The normalized spacial score (nSPS) is 10.8. The van der Waals surface area contributed by atoms with Crippen LogP contribution in [0.5, 0.6) is 0 Å². The SMILES string of the molecule is C=CCNC(CCO)(CCO)c1ccccc1.Cl. The Morgan fingerprint density at radius 1 is 1.11 bits per heavy atom. The van der Waals surface area contributed by atoms with Gasteiger partial charge in [0.1, 0.15) is 0 Å². The maximum atomic E-state index is 9.24. The molecule has 0 aromatic heterocycles. The van der Waals surface area contributed by atoms with Crippen LogP contribution in [0.4, 0.5) is 0 Å². The fourth-order valence-electron chi connectivity index (χ4n) is 2.10. The van der Waals surface area contributed by atoms with Crippen LogP contribution < -0.4 is 5.32 Å². The molecule has 0 fully saturated rings. The van der Waals surface area contributed by atoms with Crippen LogP contribution in [0.3, 0.4) is 0 Å². The molecule has 0 amide bonds. The zero-order valence-electron chi connectivity index (χ0n) is 10.5. The Kier molecular flexibility index (Phi) is 8.67. The molecule has 0 heterocycles. The van der Waals surface area contributed by atoms with Crippen LogP contribution in [-0.4, -0.2) is 30.0 Å². The van der Waals surface area contributed by atoms with Crippen molar-refractivity contribution >= 4 is 12.4 Å². The Morgan fingerprint density at radius 3 is 2.11 bits per heavy atom. The van der Waals surface area contributed by atoms with Gasteiger partial charge in [-0.15, -0.1) is 19.0 Å². The zero-order valence-corrected chi connectivity index (χ0v) is 11.3. The van der Waals surface area contributed by atoms with Crippen LogP contribution in [0.2, 0.25) is 0 Å². The molecule has 0 bridgehead atoms. The first-order chi connectivity index (χ1) is 8.29. The number of rotatable bonds is 8. The van der Waals surface area contributed by atoms with E-state index in [-0.39, 0.29) is 31.2 Å². The molecule has 0 saturated carbocycles. The highest BCUT2D eigenvalue weighted by molar-refractivity contribution is 5.85. The van der Waals surface area contributed by atoms with Crippen molar-refractivity contribution in [1.82, 2.24) is 5.32 Å². The summed E-state index contributed by atoms with van der Waals surface area (Å²) < 4.78 is 0. The van der Waals surface area contributed by atoms with Gasteiger partial charge in [0, 0.05) is 25.3 Å². The van der Waals surface area contributed by atoms with Crippen LogP contribution in [0, 0.1) is 0 Å². The van der Waals surface area contributed by atoms with E-state index in [4.69, 9.17) is 0 Å². The van der Waals surface area contributed by atoms with Gasteiger partial charge in [-0.3, -0.25) is 0 Å². The first-order valence-electron chi connectivity index (χ1n) is 5.92. The minimum absolute atomic E-state index is 0. The summed E-state index contributed by atoms with van der Waals surface area (Å²) in [5.74, 6) is 0. The number of halogens is 1. The van der Waals surface area contributed by atoms with Gasteiger partial charge in [-0.25, -0.2) is 0 Å². The summed E-state index contributed by atoms with van der Waals surface area (Å²) in [4.78, 5) is 0. The van der Waals surface area contributed by atoms with Gasteiger partial charge in [-0.2, -0.15) is 0 Å². The average Bonchev–Trinajstić information content (AvgIpc) is 2.37. The van der Waals surface area contributed by atoms with Gasteiger partial charge >= 0.3 is 0 Å². The van der Waals surface area contributed by atoms with Crippen molar-refractivity contribution in [3.8, 4) is 0 Å². The highest BCUT2D eigenvalue weighted by Crippen LogP contribution is 2.28. The van der Waals surface area contributed by atoms with Gasteiger partial charge in [0.05, 0.1) is 0 Å². The monoisotopic (exact) mass is 271 g/mol. The minimum atomic E-state index is -0.376. The van der Waals surface area contributed by atoms with Gasteiger partial charge in [-0.1, -0.05) is 36.4 Å². The van der Waals surface area contributed by atoms with Crippen LogP contribution in [-0.2, 0) is 5.54 Å². The molecular formula is C14H22ClNO2. The molecular weight excluding hydrogens is 250 g/mol. The molecule has 1 rings (SSSR count). The van der Waals surface area contributed by atoms with E-state index in [9.17, 15) is 10.2 Å². The quantitative estimate of drug-likeness (QED) is 0.633. The fourth-order valence-corrected chi connectivity index (χ4v) is 2.10. The Labute approximate surface area is 115 Å². The Morgan fingerprint density at radius 2 is 1.67 bits per heavy atom. The number of aliphatic hydroxyl groups is 2. The van der Waals surface area contributed by atoms with Crippen molar-refractivity contribution in [3.63, 3.8) is 0 Å². The molecule has 0 unspecified atom stereocenters. The van der Waals surface area contributed by atoms with Crippen molar-refractivity contribution in [2.75, 3.05) is 19.8 Å². The Balaban J connectivity index is 0.00000289. The molecule has 0 aliphatic heterocycles. The van der Waals surface area contributed by atoms with Crippen LogP contribution in [0.25, 0.3) is 0 Å².